The number of methoxy groups -OCH3 is 1. The van der Waals surface area contributed by atoms with Gasteiger partial charge in [0.1, 0.15) is 10.7 Å². The van der Waals surface area contributed by atoms with Gasteiger partial charge < -0.3 is 20.5 Å². The highest BCUT2D eigenvalue weighted by Gasteiger charge is 2.12. The third-order valence-electron chi connectivity index (χ3n) is 2.68. The molecule has 3 N–H and O–H groups in total. The number of rotatable bonds is 6. The van der Waals surface area contributed by atoms with Gasteiger partial charge in [0.15, 0.2) is 11.5 Å². The van der Waals surface area contributed by atoms with Crippen LogP contribution >= 0.6 is 11.3 Å². The highest BCUT2D eigenvalue weighted by molar-refractivity contribution is 7.09. The zero-order valence-electron chi connectivity index (χ0n) is 11.9. The molecule has 2 rings (SSSR count). The number of benzene rings is 1. The van der Waals surface area contributed by atoms with Crippen molar-refractivity contribution < 1.29 is 14.3 Å². The van der Waals surface area contributed by atoms with Crippen molar-refractivity contribution in [3.05, 3.63) is 34.3 Å². The zero-order valence-corrected chi connectivity index (χ0v) is 12.7. The van der Waals surface area contributed by atoms with Crippen molar-refractivity contribution in [1.29, 1.82) is 0 Å². The summed E-state index contributed by atoms with van der Waals surface area (Å²) in [6.45, 7) is 2.77. The second-order valence-corrected chi connectivity index (χ2v) is 5.03. The van der Waals surface area contributed by atoms with Crippen LogP contribution in [0.15, 0.2) is 23.6 Å². The van der Waals surface area contributed by atoms with Crippen LogP contribution in [0.2, 0.25) is 0 Å². The number of nitrogens with one attached hydrogen (secondary N) is 1. The monoisotopic (exact) mass is 307 g/mol. The molecule has 0 saturated carbocycles. The van der Waals surface area contributed by atoms with Gasteiger partial charge in [0.25, 0.3) is 5.91 Å². The molecule has 0 aliphatic carbocycles. The molecule has 0 spiro atoms. The molecule has 112 valence electrons. The molecule has 0 radical (unpaired) electrons. The first kappa shape index (κ1) is 15.3. The molecule has 1 amide bonds. The minimum atomic E-state index is -0.280. The maximum atomic E-state index is 12.1. The quantitative estimate of drug-likeness (QED) is 0.855. The molecule has 0 unspecified atom stereocenters. The van der Waals surface area contributed by atoms with Crippen LogP contribution in [0, 0.1) is 0 Å². The van der Waals surface area contributed by atoms with E-state index in [0.717, 1.165) is 5.01 Å². The number of carbonyl (C=O) groups excluding carboxylic acids is 1. The first-order chi connectivity index (χ1) is 10.2. The van der Waals surface area contributed by atoms with Crippen molar-refractivity contribution in [3.63, 3.8) is 0 Å². The summed E-state index contributed by atoms with van der Waals surface area (Å²) in [6.07, 6.45) is 0. The summed E-state index contributed by atoms with van der Waals surface area (Å²) < 4.78 is 10.7. The van der Waals surface area contributed by atoms with Gasteiger partial charge in [-0.2, -0.15) is 0 Å². The predicted molar refractivity (Wildman–Crippen MR) is 82.1 cm³/mol. The Kier molecular flexibility index (Phi) is 5.13. The predicted octanol–water partition coefficient (Wildman–Crippen LogP) is 2.26. The van der Waals surface area contributed by atoms with Gasteiger partial charge in [0, 0.05) is 23.7 Å². The normalized spacial score (nSPS) is 10.2. The molecule has 1 aromatic heterocycles. The third-order valence-corrected chi connectivity index (χ3v) is 3.55. The van der Waals surface area contributed by atoms with E-state index in [0.29, 0.717) is 36.0 Å². The molecule has 0 fully saturated rings. The summed E-state index contributed by atoms with van der Waals surface area (Å²) in [7, 11) is 1.55. The average molecular weight is 307 g/mol. The van der Waals surface area contributed by atoms with Crippen LogP contribution in [0.5, 0.6) is 11.5 Å². The fourth-order valence-electron chi connectivity index (χ4n) is 1.72. The Bertz CT molecular complexity index is 628. The molecule has 0 bridgehead atoms. The van der Waals surface area contributed by atoms with Crippen LogP contribution in [-0.4, -0.2) is 24.6 Å². The van der Waals surface area contributed by atoms with E-state index in [4.69, 9.17) is 15.2 Å². The van der Waals surface area contributed by atoms with Crippen molar-refractivity contribution in [2.45, 2.75) is 13.5 Å². The zero-order chi connectivity index (χ0) is 15.2. The molecule has 2 aromatic rings. The lowest BCUT2D eigenvalue weighted by atomic mass is 10.2. The molecular weight excluding hydrogens is 290 g/mol. The second kappa shape index (κ2) is 7.05. The molecule has 7 heteroatoms. The van der Waals surface area contributed by atoms with E-state index < -0.39 is 0 Å². The van der Waals surface area contributed by atoms with E-state index in [-0.39, 0.29) is 5.91 Å². The van der Waals surface area contributed by atoms with Gasteiger partial charge in [0.05, 0.1) is 13.7 Å². The average Bonchev–Trinajstić information content (AvgIpc) is 2.98. The number of thiazole rings is 1. The Morgan fingerprint density at radius 2 is 2.24 bits per heavy atom. The Morgan fingerprint density at radius 1 is 1.43 bits per heavy atom. The number of hydrogen-bond donors (Lipinski definition) is 2. The van der Waals surface area contributed by atoms with Crippen molar-refractivity contribution in [2.75, 3.05) is 19.0 Å². The maximum absolute atomic E-state index is 12.1. The van der Waals surface area contributed by atoms with Crippen LogP contribution in [0.25, 0.3) is 0 Å². The Balaban J connectivity index is 2.13. The van der Waals surface area contributed by atoms with Crippen molar-refractivity contribution >= 4 is 22.9 Å². The first-order valence-electron chi connectivity index (χ1n) is 6.44. The van der Waals surface area contributed by atoms with Crippen molar-refractivity contribution in [2.24, 2.45) is 5.73 Å². The van der Waals surface area contributed by atoms with Crippen molar-refractivity contribution in [1.82, 2.24) is 4.98 Å². The topological polar surface area (TPSA) is 86.5 Å². The van der Waals surface area contributed by atoms with Gasteiger partial charge in [-0.05, 0) is 19.1 Å². The lowest BCUT2D eigenvalue weighted by Gasteiger charge is -2.11. The number of hydrogen-bond acceptors (Lipinski definition) is 6. The fourth-order valence-corrected chi connectivity index (χ4v) is 2.38. The molecular formula is C14H17N3O3S. The first-order valence-corrected chi connectivity index (χ1v) is 7.32. The molecule has 0 atom stereocenters. The smallest absolute Gasteiger partial charge is 0.275 e. The minimum absolute atomic E-state index is 0.280. The van der Waals surface area contributed by atoms with Crippen LogP contribution < -0.4 is 20.5 Å². The molecule has 1 aromatic carbocycles. The van der Waals surface area contributed by atoms with Gasteiger partial charge in [-0.1, -0.05) is 0 Å². The van der Waals surface area contributed by atoms with Crippen LogP contribution in [0.3, 0.4) is 0 Å². The van der Waals surface area contributed by atoms with E-state index in [1.165, 1.54) is 11.3 Å². The summed E-state index contributed by atoms with van der Waals surface area (Å²) >= 11 is 1.36. The summed E-state index contributed by atoms with van der Waals surface area (Å²) in [5.74, 6) is 0.921. The van der Waals surface area contributed by atoms with Crippen LogP contribution in [-0.2, 0) is 6.54 Å². The molecule has 21 heavy (non-hydrogen) atoms. The summed E-state index contributed by atoms with van der Waals surface area (Å²) in [5.41, 5.74) is 6.45. The summed E-state index contributed by atoms with van der Waals surface area (Å²) in [5, 5.41) is 5.18. The van der Waals surface area contributed by atoms with E-state index >= 15 is 0 Å². The number of amides is 1. The number of nitrogens with zero attached hydrogens (tertiary/aromatic N) is 1. The molecule has 0 aliphatic heterocycles. The molecule has 0 saturated heterocycles. The van der Waals surface area contributed by atoms with Gasteiger partial charge >= 0.3 is 0 Å². The highest BCUT2D eigenvalue weighted by Crippen LogP contribution is 2.30. The Labute approximate surface area is 126 Å². The van der Waals surface area contributed by atoms with E-state index in [2.05, 4.69) is 10.3 Å². The van der Waals surface area contributed by atoms with E-state index in [1.807, 2.05) is 6.92 Å². The SMILES string of the molecule is CCOc1ccc(NC(=O)c2csc(CN)n2)cc1OC. The fraction of sp³-hybridized carbons (Fsp3) is 0.286. The van der Waals surface area contributed by atoms with Gasteiger partial charge in [-0.25, -0.2) is 4.98 Å². The Hall–Kier alpha value is -2.12. The summed E-state index contributed by atoms with van der Waals surface area (Å²) in [6, 6.07) is 5.21. The standard InChI is InChI=1S/C14H17N3O3S/c1-3-20-11-5-4-9(6-12(11)19-2)16-14(18)10-8-21-13(7-15)17-10/h4-6,8H,3,7,15H2,1-2H3,(H,16,18). The van der Waals surface area contributed by atoms with Gasteiger partial charge in [0.2, 0.25) is 0 Å². The Morgan fingerprint density at radius 3 is 2.86 bits per heavy atom. The van der Waals surface area contributed by atoms with Gasteiger partial charge in [-0.3, -0.25) is 4.79 Å². The van der Waals surface area contributed by atoms with E-state index in [9.17, 15) is 4.79 Å². The van der Waals surface area contributed by atoms with E-state index in [1.54, 1.807) is 30.7 Å². The third kappa shape index (κ3) is 3.71. The number of nitrogens with two attached hydrogens (primary N) is 1. The maximum Gasteiger partial charge on any atom is 0.275 e. The summed E-state index contributed by atoms with van der Waals surface area (Å²) in [4.78, 5) is 16.2. The second-order valence-electron chi connectivity index (χ2n) is 4.08. The highest BCUT2D eigenvalue weighted by atomic mass is 32.1. The molecule has 6 nitrogen and oxygen atoms in total. The lowest BCUT2D eigenvalue weighted by Crippen LogP contribution is -2.13. The van der Waals surface area contributed by atoms with Gasteiger partial charge in [-0.15, -0.1) is 11.3 Å². The van der Waals surface area contributed by atoms with Crippen LogP contribution in [0.4, 0.5) is 5.69 Å². The largest absolute Gasteiger partial charge is 0.493 e. The number of anilines is 1. The lowest BCUT2D eigenvalue weighted by molar-refractivity contribution is 0.102. The number of ether oxygens (including phenoxy) is 2. The number of aromatic nitrogens is 1. The molecule has 0 aliphatic rings. The molecule has 1 heterocycles. The van der Waals surface area contributed by atoms with Crippen LogP contribution in [0.1, 0.15) is 22.4 Å². The number of carbonyl (C=O) groups is 1. The van der Waals surface area contributed by atoms with Crippen molar-refractivity contribution in [3.8, 4) is 11.5 Å². The minimum Gasteiger partial charge on any atom is -0.493 e.